The van der Waals surface area contributed by atoms with Gasteiger partial charge in [0.2, 0.25) is 5.78 Å². The van der Waals surface area contributed by atoms with E-state index in [9.17, 15) is 26.7 Å². The van der Waals surface area contributed by atoms with Gasteiger partial charge in [0.25, 0.3) is 0 Å². The van der Waals surface area contributed by atoms with Gasteiger partial charge in [-0.3, -0.25) is 4.79 Å². The van der Waals surface area contributed by atoms with E-state index in [0.29, 0.717) is 18.2 Å². The summed E-state index contributed by atoms with van der Waals surface area (Å²) in [5.74, 6) is -7.45. The van der Waals surface area contributed by atoms with Crippen LogP contribution in [0, 0.1) is 29.1 Å². The summed E-state index contributed by atoms with van der Waals surface area (Å²) in [6, 6.07) is 3.19. The summed E-state index contributed by atoms with van der Waals surface area (Å²) in [7, 11) is 0. The number of ether oxygens (including phenoxy) is 1. The molecule has 1 aliphatic carbocycles. The Balaban J connectivity index is 1.93. The number of carbonyl (C=O) groups excluding carboxylic acids is 1. The van der Waals surface area contributed by atoms with Crippen molar-refractivity contribution < 1.29 is 31.5 Å². The van der Waals surface area contributed by atoms with Gasteiger partial charge in [0.05, 0.1) is 5.56 Å². The van der Waals surface area contributed by atoms with Crippen LogP contribution >= 0.6 is 0 Å². The zero-order valence-corrected chi connectivity index (χ0v) is 11.5. The lowest BCUT2D eigenvalue weighted by Crippen LogP contribution is -2.31. The van der Waals surface area contributed by atoms with E-state index in [1.807, 2.05) is 0 Å². The van der Waals surface area contributed by atoms with Crippen LogP contribution in [0.2, 0.25) is 0 Å². The van der Waals surface area contributed by atoms with Gasteiger partial charge in [-0.2, -0.15) is 0 Å². The highest BCUT2D eigenvalue weighted by molar-refractivity contribution is 6.04. The molecule has 2 nitrogen and oxygen atoms in total. The molecule has 0 aliphatic heterocycles. The fourth-order valence-electron chi connectivity index (χ4n) is 2.23. The molecule has 120 valence electrons. The van der Waals surface area contributed by atoms with Gasteiger partial charge in [-0.15, -0.1) is 0 Å². The minimum atomic E-state index is -1.63. The van der Waals surface area contributed by atoms with Gasteiger partial charge in [-0.25, -0.2) is 22.0 Å². The Morgan fingerprint density at radius 3 is 1.96 bits per heavy atom. The number of rotatable bonds is 4. The van der Waals surface area contributed by atoms with Crippen molar-refractivity contribution in [2.24, 2.45) is 0 Å². The zero-order chi connectivity index (χ0) is 16.8. The number of hydrogen-bond donors (Lipinski definition) is 0. The number of halogens is 5. The fourth-order valence-corrected chi connectivity index (χ4v) is 2.23. The van der Waals surface area contributed by atoms with Crippen molar-refractivity contribution in [1.29, 1.82) is 0 Å². The standard InChI is InChI=1S/C16H9F5O2/c17-8-1-2-10(11(19)5-8)15(22)16(3-4-16)23-14-12(20)6-9(18)7-13(14)21/h1-2,5-7H,3-4H2. The first-order valence-electron chi connectivity index (χ1n) is 6.66. The highest BCUT2D eigenvalue weighted by Crippen LogP contribution is 2.44. The quantitative estimate of drug-likeness (QED) is 0.622. The van der Waals surface area contributed by atoms with E-state index >= 15 is 0 Å². The van der Waals surface area contributed by atoms with Gasteiger partial charge in [0, 0.05) is 18.2 Å². The highest BCUT2D eigenvalue weighted by atomic mass is 19.2. The second-order valence-electron chi connectivity index (χ2n) is 5.25. The fraction of sp³-hybridized carbons (Fsp3) is 0.188. The third kappa shape index (κ3) is 2.78. The average Bonchev–Trinajstić information content (AvgIpc) is 3.23. The molecule has 0 amide bonds. The van der Waals surface area contributed by atoms with Crippen LogP contribution in [-0.4, -0.2) is 11.4 Å². The average molecular weight is 328 g/mol. The molecule has 0 heterocycles. The summed E-state index contributed by atoms with van der Waals surface area (Å²) in [4.78, 5) is 12.3. The van der Waals surface area contributed by atoms with Crippen LogP contribution in [0.3, 0.4) is 0 Å². The minimum Gasteiger partial charge on any atom is -0.473 e. The number of Topliss-reactive ketones (excluding diaryl/α,β-unsaturated/α-hetero) is 1. The van der Waals surface area contributed by atoms with Gasteiger partial charge in [-0.05, 0) is 25.0 Å². The van der Waals surface area contributed by atoms with Gasteiger partial charge in [-0.1, -0.05) is 0 Å². The first kappa shape index (κ1) is 15.5. The Hall–Kier alpha value is -2.44. The van der Waals surface area contributed by atoms with E-state index in [0.717, 1.165) is 12.1 Å². The molecule has 1 aliphatic rings. The second-order valence-corrected chi connectivity index (χ2v) is 5.25. The maximum Gasteiger partial charge on any atom is 0.209 e. The molecule has 0 unspecified atom stereocenters. The third-order valence-electron chi connectivity index (χ3n) is 3.55. The highest BCUT2D eigenvalue weighted by Gasteiger charge is 2.54. The lowest BCUT2D eigenvalue weighted by molar-refractivity contribution is 0.0723. The van der Waals surface area contributed by atoms with E-state index in [1.54, 1.807) is 0 Å². The molecule has 1 saturated carbocycles. The Bertz CT molecular complexity index is 776. The first-order chi connectivity index (χ1) is 10.8. The first-order valence-corrected chi connectivity index (χ1v) is 6.66. The molecule has 2 aromatic carbocycles. The SMILES string of the molecule is O=C(c1ccc(F)cc1F)C1(Oc2c(F)cc(F)cc2F)CC1. The molecule has 0 atom stereocenters. The minimum absolute atomic E-state index is 0.110. The number of carbonyl (C=O) groups is 1. The summed E-state index contributed by atoms with van der Waals surface area (Å²) < 4.78 is 71.8. The summed E-state index contributed by atoms with van der Waals surface area (Å²) in [6.45, 7) is 0. The Labute approximate surface area is 127 Å². The predicted octanol–water partition coefficient (Wildman–Crippen LogP) is 4.18. The Kier molecular flexibility index (Phi) is 3.58. The largest absolute Gasteiger partial charge is 0.473 e. The molecule has 3 rings (SSSR count). The molecule has 0 spiro atoms. The molecule has 7 heteroatoms. The maximum atomic E-state index is 13.7. The smallest absolute Gasteiger partial charge is 0.209 e. The van der Waals surface area contributed by atoms with Crippen molar-refractivity contribution in [3.8, 4) is 5.75 Å². The zero-order valence-electron chi connectivity index (χ0n) is 11.5. The van der Waals surface area contributed by atoms with Crippen LogP contribution in [0.5, 0.6) is 5.75 Å². The summed E-state index contributed by atoms with van der Waals surface area (Å²) in [5, 5.41) is 0. The third-order valence-corrected chi connectivity index (χ3v) is 3.55. The molecular formula is C16H9F5O2. The summed E-state index contributed by atoms with van der Waals surface area (Å²) in [5.41, 5.74) is -2.06. The summed E-state index contributed by atoms with van der Waals surface area (Å²) >= 11 is 0. The van der Waals surface area contributed by atoms with Crippen molar-refractivity contribution in [1.82, 2.24) is 0 Å². The molecule has 23 heavy (non-hydrogen) atoms. The van der Waals surface area contributed by atoms with Gasteiger partial charge in [0.1, 0.15) is 17.5 Å². The van der Waals surface area contributed by atoms with Gasteiger partial charge >= 0.3 is 0 Å². The second kappa shape index (κ2) is 5.33. The van der Waals surface area contributed by atoms with Crippen LogP contribution in [0.15, 0.2) is 30.3 Å². The number of ketones is 1. The van der Waals surface area contributed by atoms with E-state index in [-0.39, 0.29) is 12.8 Å². The van der Waals surface area contributed by atoms with E-state index in [1.165, 1.54) is 0 Å². The molecule has 0 N–H and O–H groups in total. The van der Waals surface area contributed by atoms with E-state index < -0.39 is 51.8 Å². The van der Waals surface area contributed by atoms with Gasteiger partial charge in [0.15, 0.2) is 23.0 Å². The molecular weight excluding hydrogens is 319 g/mol. The van der Waals surface area contributed by atoms with Crippen LogP contribution in [0.25, 0.3) is 0 Å². The van der Waals surface area contributed by atoms with Crippen molar-refractivity contribution in [3.05, 3.63) is 65.0 Å². The summed E-state index contributed by atoms with van der Waals surface area (Å²) in [6.07, 6.45) is 0.220. The number of hydrogen-bond acceptors (Lipinski definition) is 2. The monoisotopic (exact) mass is 328 g/mol. The normalized spacial score (nSPS) is 15.3. The van der Waals surface area contributed by atoms with E-state index in [2.05, 4.69) is 0 Å². The molecule has 0 saturated heterocycles. The topological polar surface area (TPSA) is 26.3 Å². The predicted molar refractivity (Wildman–Crippen MR) is 69.6 cm³/mol. The van der Waals surface area contributed by atoms with Crippen LogP contribution in [0.4, 0.5) is 22.0 Å². The van der Waals surface area contributed by atoms with Crippen molar-refractivity contribution >= 4 is 5.78 Å². The van der Waals surface area contributed by atoms with Crippen LogP contribution in [0.1, 0.15) is 23.2 Å². The van der Waals surface area contributed by atoms with Crippen LogP contribution in [-0.2, 0) is 0 Å². The van der Waals surface area contributed by atoms with Crippen LogP contribution < -0.4 is 4.74 Å². The Morgan fingerprint density at radius 2 is 1.43 bits per heavy atom. The molecule has 0 radical (unpaired) electrons. The van der Waals surface area contributed by atoms with Crippen molar-refractivity contribution in [3.63, 3.8) is 0 Å². The molecule has 2 aromatic rings. The molecule has 0 aromatic heterocycles. The Morgan fingerprint density at radius 1 is 0.870 bits per heavy atom. The molecule has 1 fully saturated rings. The number of benzene rings is 2. The molecule has 0 bridgehead atoms. The maximum absolute atomic E-state index is 13.7. The lowest BCUT2D eigenvalue weighted by atomic mass is 10.0. The lowest BCUT2D eigenvalue weighted by Gasteiger charge is -2.18. The van der Waals surface area contributed by atoms with Crippen molar-refractivity contribution in [2.75, 3.05) is 0 Å². The van der Waals surface area contributed by atoms with E-state index in [4.69, 9.17) is 4.74 Å². The van der Waals surface area contributed by atoms with Gasteiger partial charge < -0.3 is 4.74 Å². The van der Waals surface area contributed by atoms with Crippen molar-refractivity contribution in [2.45, 2.75) is 18.4 Å².